The van der Waals surface area contributed by atoms with Crippen LogP contribution in [0, 0.1) is 5.82 Å². The third-order valence-electron chi connectivity index (χ3n) is 6.86. The van der Waals surface area contributed by atoms with Crippen molar-refractivity contribution in [3.8, 4) is 22.8 Å². The number of fused-ring (bicyclic) bond motifs is 1. The number of methoxy groups -OCH3 is 2. The van der Waals surface area contributed by atoms with Crippen molar-refractivity contribution >= 4 is 24.1 Å². The van der Waals surface area contributed by atoms with Crippen LogP contribution in [0.1, 0.15) is 40.8 Å². The summed E-state index contributed by atoms with van der Waals surface area (Å²) in [7, 11) is 3.04. The van der Waals surface area contributed by atoms with Gasteiger partial charge in [0.2, 0.25) is 0 Å². The standard InChI is InChI=1S/C26H28F3N5O3.ClH/c1-36-22-6-4-15(10-23(22)37-2)19-11-21(25(28)29)34-24(32-19)12-20(33-34)14-3-5-17(18(27)9-14)26(35)31-16-7-8-30-13-16;/h3-6,9-10,12,16,19,21,25,30,32H,7-8,11,13H2,1-2H3,(H,31,35);1H/t16-,19?,21?;/m1./s1. The van der Waals surface area contributed by atoms with Crippen LogP contribution < -0.4 is 25.4 Å². The Hall–Kier alpha value is -3.44. The molecular formula is C26H29ClF3N5O3. The molecule has 2 aliphatic rings. The van der Waals surface area contributed by atoms with E-state index in [0.29, 0.717) is 35.1 Å². The molecule has 0 radical (unpaired) electrons. The van der Waals surface area contributed by atoms with Crippen LogP contribution in [-0.2, 0) is 0 Å². The number of hydrogen-bond acceptors (Lipinski definition) is 6. The second-order valence-corrected chi connectivity index (χ2v) is 9.17. The summed E-state index contributed by atoms with van der Waals surface area (Å²) < 4.78 is 55.0. The second kappa shape index (κ2) is 11.5. The van der Waals surface area contributed by atoms with E-state index in [1.54, 1.807) is 30.3 Å². The van der Waals surface area contributed by atoms with Crippen LogP contribution in [0.4, 0.5) is 19.0 Å². The van der Waals surface area contributed by atoms with Gasteiger partial charge in [0, 0.05) is 24.2 Å². The highest BCUT2D eigenvalue weighted by molar-refractivity contribution is 5.95. The molecule has 8 nitrogen and oxygen atoms in total. The summed E-state index contributed by atoms with van der Waals surface area (Å²) in [5.41, 5.74) is 1.40. The molecule has 12 heteroatoms. The van der Waals surface area contributed by atoms with Gasteiger partial charge in [0.05, 0.1) is 31.5 Å². The fourth-order valence-corrected chi connectivity index (χ4v) is 4.87. The van der Waals surface area contributed by atoms with Crippen LogP contribution in [0.2, 0.25) is 0 Å². The number of anilines is 1. The van der Waals surface area contributed by atoms with Gasteiger partial charge in [-0.1, -0.05) is 12.1 Å². The number of aromatic nitrogens is 2. The molecule has 2 aliphatic heterocycles. The molecule has 0 aliphatic carbocycles. The molecule has 38 heavy (non-hydrogen) atoms. The van der Waals surface area contributed by atoms with Gasteiger partial charge >= 0.3 is 0 Å². The van der Waals surface area contributed by atoms with Gasteiger partial charge in [0.1, 0.15) is 17.7 Å². The van der Waals surface area contributed by atoms with E-state index in [2.05, 4.69) is 21.0 Å². The van der Waals surface area contributed by atoms with Crippen molar-refractivity contribution in [3.63, 3.8) is 0 Å². The number of alkyl halides is 2. The minimum Gasteiger partial charge on any atom is -0.493 e. The number of halogens is 4. The maximum atomic E-state index is 14.9. The van der Waals surface area contributed by atoms with E-state index in [0.717, 1.165) is 18.5 Å². The smallest absolute Gasteiger partial charge is 0.260 e. The first-order valence-electron chi connectivity index (χ1n) is 12.1. The van der Waals surface area contributed by atoms with Crippen molar-refractivity contribution < 1.29 is 27.4 Å². The van der Waals surface area contributed by atoms with Crippen molar-refractivity contribution in [2.24, 2.45) is 0 Å². The maximum absolute atomic E-state index is 14.9. The monoisotopic (exact) mass is 551 g/mol. The Kier molecular flexibility index (Phi) is 8.37. The molecule has 2 unspecified atom stereocenters. The molecule has 2 aromatic carbocycles. The van der Waals surface area contributed by atoms with Crippen LogP contribution in [-0.4, -0.2) is 55.5 Å². The summed E-state index contributed by atoms with van der Waals surface area (Å²) in [6.07, 6.45) is -1.79. The molecule has 0 bridgehead atoms. The van der Waals surface area contributed by atoms with Crippen LogP contribution >= 0.6 is 12.4 Å². The van der Waals surface area contributed by atoms with Crippen molar-refractivity contribution in [3.05, 3.63) is 59.4 Å². The molecule has 0 spiro atoms. The number of rotatable bonds is 7. The normalized spacial score (nSPS) is 20.3. The number of amides is 1. The Morgan fingerprint density at radius 3 is 2.58 bits per heavy atom. The lowest BCUT2D eigenvalue weighted by Gasteiger charge is -2.32. The average molecular weight is 552 g/mol. The highest BCUT2D eigenvalue weighted by atomic mass is 35.5. The zero-order valence-electron chi connectivity index (χ0n) is 20.8. The predicted molar refractivity (Wildman–Crippen MR) is 139 cm³/mol. The zero-order valence-corrected chi connectivity index (χ0v) is 21.7. The van der Waals surface area contributed by atoms with Crippen LogP contribution in [0.5, 0.6) is 11.5 Å². The summed E-state index contributed by atoms with van der Waals surface area (Å²) in [6.45, 7) is 1.45. The highest BCUT2D eigenvalue weighted by Gasteiger charge is 2.35. The minimum atomic E-state index is -2.66. The summed E-state index contributed by atoms with van der Waals surface area (Å²) in [4.78, 5) is 12.5. The van der Waals surface area contributed by atoms with Gasteiger partial charge < -0.3 is 25.4 Å². The Morgan fingerprint density at radius 1 is 1.13 bits per heavy atom. The number of carbonyl (C=O) groups excluding carboxylic acids is 1. The number of benzene rings is 2. The van der Waals surface area contributed by atoms with Gasteiger partial charge in [0.25, 0.3) is 12.3 Å². The molecule has 3 heterocycles. The van der Waals surface area contributed by atoms with E-state index in [-0.39, 0.29) is 30.4 Å². The SMILES string of the molecule is COc1ccc(C2CC(C(F)F)n3nc(-c4ccc(C(=O)N[C@@H]5CCNC5)c(F)c4)cc3N2)cc1OC.Cl. The molecule has 1 fully saturated rings. The topological polar surface area (TPSA) is 89.4 Å². The number of hydrogen-bond donors (Lipinski definition) is 3. The molecule has 1 aromatic heterocycles. The Morgan fingerprint density at radius 2 is 1.92 bits per heavy atom. The van der Waals surface area contributed by atoms with E-state index in [9.17, 15) is 18.0 Å². The van der Waals surface area contributed by atoms with E-state index in [1.165, 1.54) is 31.0 Å². The van der Waals surface area contributed by atoms with Crippen LogP contribution in [0.3, 0.4) is 0 Å². The van der Waals surface area contributed by atoms with Crippen molar-refractivity contribution in [1.82, 2.24) is 20.4 Å². The van der Waals surface area contributed by atoms with Crippen LogP contribution in [0.15, 0.2) is 42.5 Å². The second-order valence-electron chi connectivity index (χ2n) is 9.17. The largest absolute Gasteiger partial charge is 0.493 e. The summed E-state index contributed by atoms with van der Waals surface area (Å²) >= 11 is 0. The van der Waals surface area contributed by atoms with Crippen molar-refractivity contribution in [2.75, 3.05) is 32.6 Å². The van der Waals surface area contributed by atoms with Crippen molar-refractivity contribution in [1.29, 1.82) is 0 Å². The number of nitrogens with zero attached hydrogens (tertiary/aromatic N) is 2. The molecule has 204 valence electrons. The first kappa shape index (κ1) is 27.6. The van der Waals surface area contributed by atoms with Gasteiger partial charge in [-0.2, -0.15) is 5.10 Å². The first-order valence-corrected chi connectivity index (χ1v) is 12.1. The van der Waals surface area contributed by atoms with E-state index < -0.39 is 30.2 Å². The number of nitrogens with one attached hydrogen (secondary N) is 3. The summed E-state index contributed by atoms with van der Waals surface area (Å²) in [6, 6.07) is 9.42. The average Bonchev–Trinajstić information content (AvgIpc) is 3.57. The molecule has 0 saturated carbocycles. The van der Waals surface area contributed by atoms with Gasteiger partial charge in [-0.15, -0.1) is 12.4 Å². The third kappa shape index (κ3) is 5.39. The summed E-state index contributed by atoms with van der Waals surface area (Å²) in [5, 5.41) is 13.6. The molecule has 3 atom stereocenters. The lowest BCUT2D eigenvalue weighted by Crippen LogP contribution is -2.36. The molecule has 1 saturated heterocycles. The first-order chi connectivity index (χ1) is 17.9. The van der Waals surface area contributed by atoms with Crippen LogP contribution in [0.25, 0.3) is 11.3 Å². The van der Waals surface area contributed by atoms with Gasteiger partial charge in [-0.3, -0.25) is 4.79 Å². The Balaban J connectivity index is 0.00000336. The fourth-order valence-electron chi connectivity index (χ4n) is 4.87. The number of carbonyl (C=O) groups is 1. The lowest BCUT2D eigenvalue weighted by atomic mass is 9.97. The quantitative estimate of drug-likeness (QED) is 0.398. The fraction of sp³-hybridized carbons (Fsp3) is 0.385. The van der Waals surface area contributed by atoms with E-state index in [4.69, 9.17) is 9.47 Å². The number of ether oxygens (including phenoxy) is 2. The predicted octanol–water partition coefficient (Wildman–Crippen LogP) is 4.58. The lowest BCUT2D eigenvalue weighted by molar-refractivity contribution is 0.0659. The Bertz CT molecular complexity index is 1300. The minimum absolute atomic E-state index is 0. The Labute approximate surface area is 224 Å². The zero-order chi connectivity index (χ0) is 26.1. The molecule has 1 amide bonds. The van der Waals surface area contributed by atoms with E-state index >= 15 is 0 Å². The van der Waals surface area contributed by atoms with Gasteiger partial charge in [-0.05, 0) is 49.2 Å². The highest BCUT2D eigenvalue weighted by Crippen LogP contribution is 2.41. The van der Waals surface area contributed by atoms with Gasteiger partial charge in [-0.25, -0.2) is 17.9 Å². The van der Waals surface area contributed by atoms with Gasteiger partial charge in [0.15, 0.2) is 11.5 Å². The summed E-state index contributed by atoms with van der Waals surface area (Å²) in [5.74, 6) is 0.243. The van der Waals surface area contributed by atoms with Crippen molar-refractivity contribution in [2.45, 2.75) is 37.4 Å². The molecule has 3 aromatic rings. The maximum Gasteiger partial charge on any atom is 0.260 e. The molecular weight excluding hydrogens is 523 g/mol. The molecule has 5 rings (SSSR count). The third-order valence-corrected chi connectivity index (χ3v) is 6.86. The molecule has 3 N–H and O–H groups in total. The van der Waals surface area contributed by atoms with E-state index in [1.807, 2.05) is 0 Å².